The number of nitrogens with two attached hydrogens (primary N) is 1. The normalized spacial score (nSPS) is 7.77. The molecule has 138 valence electrons. The number of hydrogen-bond donors (Lipinski definition) is 2. The van der Waals surface area contributed by atoms with Crippen LogP contribution in [0.3, 0.4) is 0 Å². The Balaban J connectivity index is 0. The molecule has 0 radical (unpaired) electrons. The van der Waals surface area contributed by atoms with E-state index >= 15 is 0 Å². The second-order valence-corrected chi connectivity index (χ2v) is 5.12. The maximum atomic E-state index is 5.36. The lowest BCUT2D eigenvalue weighted by Gasteiger charge is -1.93. The van der Waals surface area contributed by atoms with Crippen molar-refractivity contribution < 1.29 is 0 Å². The van der Waals surface area contributed by atoms with Crippen LogP contribution in [-0.2, 0) is 0 Å². The minimum absolute atomic E-state index is 0. The quantitative estimate of drug-likeness (QED) is 0.376. The summed E-state index contributed by atoms with van der Waals surface area (Å²) >= 11 is 0. The third-order valence-corrected chi connectivity index (χ3v) is 3.06. The van der Waals surface area contributed by atoms with E-state index in [9.17, 15) is 0 Å². The Kier molecular flexibility index (Phi) is 17.6. The Bertz CT molecular complexity index is 623. The average Bonchev–Trinajstić information content (AvgIpc) is 2.67. The lowest BCUT2D eigenvalue weighted by atomic mass is 10.1. The third-order valence-electron chi connectivity index (χ3n) is 3.06. The van der Waals surface area contributed by atoms with Crippen LogP contribution in [0.15, 0.2) is 116 Å². The van der Waals surface area contributed by atoms with Crippen LogP contribution < -0.4 is 11.9 Å². The molecule has 0 saturated carbocycles. The molecule has 3 aromatic rings. The van der Waals surface area contributed by atoms with Crippen molar-refractivity contribution in [2.45, 2.75) is 13.8 Å². The molecule has 0 aromatic heterocycles. The van der Waals surface area contributed by atoms with Crippen LogP contribution >= 0.6 is 0 Å². The van der Waals surface area contributed by atoms with Crippen molar-refractivity contribution in [1.29, 1.82) is 0 Å². The fourth-order valence-electron chi connectivity index (χ4n) is 1.50. The van der Waals surface area contributed by atoms with E-state index in [-0.39, 0.29) is 6.15 Å². The number of anilines is 1. The van der Waals surface area contributed by atoms with Gasteiger partial charge in [-0.3, -0.25) is 0 Å². The summed E-state index contributed by atoms with van der Waals surface area (Å²) in [6.07, 6.45) is 3.28. The Morgan fingerprint density at radius 1 is 0.577 bits per heavy atom. The topological polar surface area (TPSA) is 61.0 Å². The molecule has 2 nitrogen and oxygen atoms in total. The number of benzene rings is 3. The second kappa shape index (κ2) is 18.2. The van der Waals surface area contributed by atoms with Gasteiger partial charge in [-0.05, 0) is 37.1 Å². The van der Waals surface area contributed by atoms with Crippen LogP contribution in [0.2, 0.25) is 0 Å². The molecule has 3 rings (SSSR count). The molecule has 0 spiro atoms. The van der Waals surface area contributed by atoms with Gasteiger partial charge in [0.15, 0.2) is 0 Å². The minimum atomic E-state index is 0. The van der Waals surface area contributed by atoms with Crippen LogP contribution in [0.25, 0.3) is 0 Å². The lowest BCUT2D eigenvalue weighted by Crippen LogP contribution is -1.79. The van der Waals surface area contributed by atoms with E-state index in [2.05, 4.69) is 51.3 Å². The maximum Gasteiger partial charge on any atom is 0.0313 e. The Morgan fingerprint density at radius 2 is 0.846 bits per heavy atom. The Labute approximate surface area is 159 Å². The molecule has 0 heterocycles. The van der Waals surface area contributed by atoms with Crippen molar-refractivity contribution in [1.82, 2.24) is 6.15 Å². The summed E-state index contributed by atoms with van der Waals surface area (Å²) in [5, 5.41) is 0. The highest BCUT2D eigenvalue weighted by molar-refractivity contribution is 5.35. The van der Waals surface area contributed by atoms with Crippen molar-refractivity contribution in [2.24, 2.45) is 0 Å². The number of nitrogen functional groups attached to an aromatic ring is 1. The monoisotopic (exact) mass is 348 g/mol. The SMILES string of the molecule is C=CC=C.Cc1ccccc1C.N.Nc1ccccc1.c1ccccc1. The Morgan fingerprint density at radius 3 is 1.04 bits per heavy atom. The van der Waals surface area contributed by atoms with Gasteiger partial charge >= 0.3 is 0 Å². The first-order valence-corrected chi connectivity index (χ1v) is 8.18. The fraction of sp³-hybridized carbons (Fsp3) is 0.0833. The van der Waals surface area contributed by atoms with Crippen molar-refractivity contribution >= 4 is 5.69 Å². The van der Waals surface area contributed by atoms with E-state index in [4.69, 9.17) is 5.73 Å². The van der Waals surface area contributed by atoms with E-state index in [1.807, 2.05) is 66.7 Å². The van der Waals surface area contributed by atoms with E-state index in [1.165, 1.54) is 11.1 Å². The van der Waals surface area contributed by atoms with E-state index in [1.54, 1.807) is 12.2 Å². The van der Waals surface area contributed by atoms with Gasteiger partial charge in [-0.1, -0.05) is 104 Å². The molecule has 0 aliphatic rings. The van der Waals surface area contributed by atoms with Crippen LogP contribution in [0.5, 0.6) is 0 Å². The molecule has 26 heavy (non-hydrogen) atoms. The number of hydrogen-bond acceptors (Lipinski definition) is 2. The summed E-state index contributed by atoms with van der Waals surface area (Å²) < 4.78 is 0. The first-order chi connectivity index (χ1) is 12.1. The van der Waals surface area contributed by atoms with Gasteiger partial charge in [0.1, 0.15) is 0 Å². The molecule has 5 N–H and O–H groups in total. The van der Waals surface area contributed by atoms with Gasteiger partial charge in [-0.15, -0.1) is 0 Å². The van der Waals surface area contributed by atoms with Gasteiger partial charge in [0.25, 0.3) is 0 Å². The van der Waals surface area contributed by atoms with Crippen LogP contribution in [-0.4, -0.2) is 0 Å². The summed E-state index contributed by atoms with van der Waals surface area (Å²) in [5.74, 6) is 0. The van der Waals surface area contributed by atoms with Crippen molar-refractivity contribution in [3.8, 4) is 0 Å². The third kappa shape index (κ3) is 15.8. The highest BCUT2D eigenvalue weighted by Crippen LogP contribution is 2.02. The molecular formula is C24H32N2. The average molecular weight is 349 g/mol. The van der Waals surface area contributed by atoms with Gasteiger partial charge in [-0.25, -0.2) is 0 Å². The maximum absolute atomic E-state index is 5.36. The summed E-state index contributed by atoms with van der Waals surface area (Å²) in [6, 6.07) is 29.8. The molecule has 0 bridgehead atoms. The van der Waals surface area contributed by atoms with Crippen molar-refractivity contribution in [3.63, 3.8) is 0 Å². The largest absolute Gasteiger partial charge is 0.399 e. The van der Waals surface area contributed by atoms with Crippen LogP contribution in [0, 0.1) is 13.8 Å². The van der Waals surface area contributed by atoms with Gasteiger partial charge in [0, 0.05) is 5.69 Å². The number of allylic oxidation sites excluding steroid dienone is 2. The summed E-state index contributed by atoms with van der Waals surface area (Å²) in [4.78, 5) is 0. The lowest BCUT2D eigenvalue weighted by molar-refractivity contribution is 1.34. The molecular weight excluding hydrogens is 316 g/mol. The molecule has 0 amide bonds. The minimum Gasteiger partial charge on any atom is -0.399 e. The first kappa shape index (κ1) is 25.1. The first-order valence-electron chi connectivity index (χ1n) is 8.18. The van der Waals surface area contributed by atoms with Gasteiger partial charge in [0.05, 0.1) is 0 Å². The molecule has 2 heteroatoms. The number of rotatable bonds is 1. The number of para-hydroxylation sites is 1. The zero-order chi connectivity index (χ0) is 18.8. The second-order valence-electron chi connectivity index (χ2n) is 5.12. The van der Waals surface area contributed by atoms with Gasteiger partial charge in [0.2, 0.25) is 0 Å². The highest BCUT2D eigenvalue weighted by atomic mass is 14.5. The van der Waals surface area contributed by atoms with Crippen molar-refractivity contribution in [3.05, 3.63) is 127 Å². The van der Waals surface area contributed by atoms with E-state index < -0.39 is 0 Å². The summed E-state index contributed by atoms with van der Waals surface area (Å²) in [6.45, 7) is 11.0. The molecule has 0 aliphatic heterocycles. The standard InChI is InChI=1S/C8H10.C6H7N.C6H6.C4H6.H3N/c1-7-5-3-4-6-8(7)2;7-6-4-2-1-3-5-6;1-2-4-6-5-3-1;1-3-4-2;/h3-6H,1-2H3;1-5H,7H2;1-6H;3-4H,1-2H2;1H3. The van der Waals surface area contributed by atoms with Gasteiger partial charge < -0.3 is 11.9 Å². The molecule has 0 fully saturated rings. The summed E-state index contributed by atoms with van der Waals surface area (Å²) in [7, 11) is 0. The molecule has 0 aliphatic carbocycles. The molecule has 0 unspecified atom stereocenters. The van der Waals surface area contributed by atoms with Crippen LogP contribution in [0.4, 0.5) is 5.69 Å². The number of aryl methyl sites for hydroxylation is 2. The zero-order valence-electron chi connectivity index (χ0n) is 16.0. The predicted molar refractivity (Wildman–Crippen MR) is 119 cm³/mol. The molecule has 0 saturated heterocycles. The zero-order valence-corrected chi connectivity index (χ0v) is 16.0. The highest BCUT2D eigenvalue weighted by Gasteiger charge is 1.83. The van der Waals surface area contributed by atoms with Crippen molar-refractivity contribution in [2.75, 3.05) is 5.73 Å². The predicted octanol–water partition coefficient (Wildman–Crippen LogP) is 6.78. The van der Waals surface area contributed by atoms with E-state index in [0.29, 0.717) is 0 Å². The smallest absolute Gasteiger partial charge is 0.0313 e. The Hall–Kier alpha value is -3.10. The fourth-order valence-corrected chi connectivity index (χ4v) is 1.50. The van der Waals surface area contributed by atoms with Gasteiger partial charge in [-0.2, -0.15) is 0 Å². The molecule has 0 atom stereocenters. The summed E-state index contributed by atoms with van der Waals surface area (Å²) in [5.41, 5.74) is 8.92. The van der Waals surface area contributed by atoms with E-state index in [0.717, 1.165) is 5.69 Å². The molecule has 3 aromatic carbocycles. The van der Waals surface area contributed by atoms with Crippen LogP contribution in [0.1, 0.15) is 11.1 Å².